The predicted molar refractivity (Wildman–Crippen MR) is 77.3 cm³/mol. The summed E-state index contributed by atoms with van der Waals surface area (Å²) >= 11 is 3.23. The fourth-order valence-electron chi connectivity index (χ4n) is 1.41. The van der Waals surface area contributed by atoms with Gasteiger partial charge in [0.15, 0.2) is 0 Å². The second-order valence-electron chi connectivity index (χ2n) is 4.07. The Balaban J connectivity index is 2.80. The molecule has 0 heterocycles. The summed E-state index contributed by atoms with van der Waals surface area (Å²) in [6.07, 6.45) is 0.813. The van der Waals surface area contributed by atoms with E-state index in [2.05, 4.69) is 21.2 Å². The van der Waals surface area contributed by atoms with E-state index in [1.165, 1.54) is 19.2 Å². The Bertz CT molecular complexity index is 546. The summed E-state index contributed by atoms with van der Waals surface area (Å²) in [4.78, 5) is 11.7. The lowest BCUT2D eigenvalue weighted by Crippen LogP contribution is -2.38. The molecule has 0 spiro atoms. The molecule has 0 radical (unpaired) electrons. The molecule has 19 heavy (non-hydrogen) atoms. The second kappa shape index (κ2) is 7.02. The Morgan fingerprint density at radius 2 is 2.11 bits per heavy atom. The first-order valence-electron chi connectivity index (χ1n) is 5.86. The number of likely N-dealkylation sites (N-methyl/N-ethyl adjacent to an activating group) is 1. The average molecular weight is 349 g/mol. The number of nitrogens with zero attached hydrogens (tertiary/aromatic N) is 1. The number of rotatable bonds is 6. The van der Waals surface area contributed by atoms with Crippen molar-refractivity contribution < 1.29 is 13.2 Å². The molecule has 1 aromatic rings. The van der Waals surface area contributed by atoms with E-state index >= 15 is 0 Å². The van der Waals surface area contributed by atoms with Crippen LogP contribution in [0.15, 0.2) is 33.6 Å². The van der Waals surface area contributed by atoms with E-state index in [1.807, 2.05) is 6.92 Å². The van der Waals surface area contributed by atoms with Gasteiger partial charge in [-0.3, -0.25) is 4.79 Å². The monoisotopic (exact) mass is 348 g/mol. The van der Waals surface area contributed by atoms with E-state index in [-0.39, 0.29) is 17.3 Å². The van der Waals surface area contributed by atoms with Crippen LogP contribution in [-0.2, 0) is 14.8 Å². The fourth-order valence-corrected chi connectivity index (χ4v) is 3.14. The van der Waals surface area contributed by atoms with Gasteiger partial charge in [-0.15, -0.1) is 0 Å². The van der Waals surface area contributed by atoms with Gasteiger partial charge in [0.25, 0.3) is 0 Å². The minimum atomic E-state index is -3.64. The third kappa shape index (κ3) is 4.59. The van der Waals surface area contributed by atoms with Crippen LogP contribution in [0.1, 0.15) is 13.3 Å². The molecular weight excluding hydrogens is 332 g/mol. The Hall–Kier alpha value is -0.920. The molecule has 0 atom stereocenters. The summed E-state index contributed by atoms with van der Waals surface area (Å²) in [7, 11) is -2.25. The molecule has 0 bridgehead atoms. The van der Waals surface area contributed by atoms with Crippen LogP contribution in [0.25, 0.3) is 0 Å². The molecule has 0 aliphatic rings. The van der Waals surface area contributed by atoms with E-state index in [4.69, 9.17) is 0 Å². The van der Waals surface area contributed by atoms with Gasteiger partial charge in [0, 0.05) is 18.1 Å². The predicted octanol–water partition coefficient (Wildman–Crippen LogP) is 1.60. The van der Waals surface area contributed by atoms with Gasteiger partial charge in [0.05, 0.1) is 11.4 Å². The standard InChI is InChI=1S/C12H17BrN2O3S/c1-3-7-14-12(16)9-15(2)19(17,18)11-6-4-5-10(13)8-11/h4-6,8H,3,7,9H2,1-2H3,(H,14,16). The van der Waals surface area contributed by atoms with Gasteiger partial charge >= 0.3 is 0 Å². The number of hydrogen-bond acceptors (Lipinski definition) is 3. The van der Waals surface area contributed by atoms with E-state index < -0.39 is 10.0 Å². The summed E-state index contributed by atoms with van der Waals surface area (Å²) in [6, 6.07) is 6.39. The first-order valence-corrected chi connectivity index (χ1v) is 8.10. The van der Waals surface area contributed by atoms with Crippen LogP contribution in [0.5, 0.6) is 0 Å². The highest BCUT2D eigenvalue weighted by Gasteiger charge is 2.22. The zero-order valence-corrected chi connectivity index (χ0v) is 13.3. The van der Waals surface area contributed by atoms with Crippen molar-refractivity contribution in [3.63, 3.8) is 0 Å². The van der Waals surface area contributed by atoms with Crippen LogP contribution in [0.2, 0.25) is 0 Å². The number of carbonyl (C=O) groups is 1. The third-order valence-electron chi connectivity index (χ3n) is 2.44. The number of hydrogen-bond donors (Lipinski definition) is 1. The topological polar surface area (TPSA) is 66.5 Å². The highest BCUT2D eigenvalue weighted by atomic mass is 79.9. The first kappa shape index (κ1) is 16.1. The van der Waals surface area contributed by atoms with E-state index in [9.17, 15) is 13.2 Å². The molecule has 5 nitrogen and oxygen atoms in total. The van der Waals surface area contributed by atoms with Crippen LogP contribution < -0.4 is 5.32 Å². The number of nitrogens with one attached hydrogen (secondary N) is 1. The normalized spacial score (nSPS) is 11.6. The molecule has 0 aliphatic carbocycles. The quantitative estimate of drug-likeness (QED) is 0.848. The molecular formula is C12H17BrN2O3S. The Labute approximate surface area is 122 Å². The zero-order chi connectivity index (χ0) is 14.5. The second-order valence-corrected chi connectivity index (χ2v) is 7.03. The number of carbonyl (C=O) groups excluding carboxylic acids is 1. The molecule has 1 amide bonds. The smallest absolute Gasteiger partial charge is 0.243 e. The molecule has 0 aliphatic heterocycles. The molecule has 7 heteroatoms. The number of amides is 1. The highest BCUT2D eigenvalue weighted by Crippen LogP contribution is 2.18. The zero-order valence-electron chi connectivity index (χ0n) is 10.9. The van der Waals surface area contributed by atoms with Crippen molar-refractivity contribution in [2.75, 3.05) is 20.1 Å². The third-order valence-corrected chi connectivity index (χ3v) is 4.74. The molecule has 0 saturated heterocycles. The largest absolute Gasteiger partial charge is 0.355 e. The molecule has 0 unspecified atom stereocenters. The minimum absolute atomic E-state index is 0.160. The van der Waals surface area contributed by atoms with Crippen LogP contribution in [0.3, 0.4) is 0 Å². The van der Waals surface area contributed by atoms with Crippen LogP contribution in [0, 0.1) is 0 Å². The lowest BCUT2D eigenvalue weighted by atomic mass is 10.4. The van der Waals surface area contributed by atoms with Crippen LogP contribution in [-0.4, -0.2) is 38.8 Å². The lowest BCUT2D eigenvalue weighted by Gasteiger charge is -2.16. The summed E-state index contributed by atoms with van der Waals surface area (Å²) < 4.78 is 26.2. The number of halogens is 1. The van der Waals surface area contributed by atoms with Crippen molar-refractivity contribution in [2.45, 2.75) is 18.2 Å². The lowest BCUT2D eigenvalue weighted by molar-refractivity contribution is -0.121. The molecule has 0 fully saturated rings. The molecule has 1 N–H and O–H groups in total. The van der Waals surface area contributed by atoms with Gasteiger partial charge in [-0.05, 0) is 24.6 Å². The van der Waals surface area contributed by atoms with Gasteiger partial charge in [-0.2, -0.15) is 4.31 Å². The summed E-state index contributed by atoms with van der Waals surface area (Å²) in [5, 5.41) is 2.64. The van der Waals surface area contributed by atoms with Crippen molar-refractivity contribution in [1.29, 1.82) is 0 Å². The molecule has 0 aromatic heterocycles. The highest BCUT2D eigenvalue weighted by molar-refractivity contribution is 9.10. The molecule has 1 rings (SSSR count). The van der Waals surface area contributed by atoms with Crippen molar-refractivity contribution in [3.05, 3.63) is 28.7 Å². The van der Waals surface area contributed by atoms with E-state index in [1.54, 1.807) is 12.1 Å². The SMILES string of the molecule is CCCNC(=O)CN(C)S(=O)(=O)c1cccc(Br)c1. The van der Waals surface area contributed by atoms with Gasteiger partial charge in [-0.1, -0.05) is 28.9 Å². The Kier molecular flexibility index (Phi) is 5.96. The van der Waals surface area contributed by atoms with Crippen LogP contribution in [0.4, 0.5) is 0 Å². The van der Waals surface area contributed by atoms with E-state index in [0.29, 0.717) is 11.0 Å². The number of benzene rings is 1. The van der Waals surface area contributed by atoms with Gasteiger partial charge in [0.1, 0.15) is 0 Å². The first-order chi connectivity index (χ1) is 8.87. The molecule has 106 valence electrons. The summed E-state index contributed by atoms with van der Waals surface area (Å²) in [5.41, 5.74) is 0. The summed E-state index contributed by atoms with van der Waals surface area (Å²) in [5.74, 6) is -0.303. The van der Waals surface area contributed by atoms with Crippen molar-refractivity contribution >= 4 is 31.9 Å². The Morgan fingerprint density at radius 1 is 1.42 bits per heavy atom. The van der Waals surface area contributed by atoms with Crippen molar-refractivity contribution in [1.82, 2.24) is 9.62 Å². The molecule has 1 aromatic carbocycles. The maximum atomic E-state index is 12.2. The Morgan fingerprint density at radius 3 is 2.68 bits per heavy atom. The molecule has 0 saturated carbocycles. The van der Waals surface area contributed by atoms with Crippen molar-refractivity contribution in [3.8, 4) is 0 Å². The van der Waals surface area contributed by atoms with Gasteiger partial charge < -0.3 is 5.32 Å². The maximum Gasteiger partial charge on any atom is 0.243 e. The fraction of sp³-hybridized carbons (Fsp3) is 0.417. The maximum absolute atomic E-state index is 12.2. The minimum Gasteiger partial charge on any atom is -0.355 e. The van der Waals surface area contributed by atoms with E-state index in [0.717, 1.165) is 10.7 Å². The summed E-state index contributed by atoms with van der Waals surface area (Å²) in [6.45, 7) is 2.29. The van der Waals surface area contributed by atoms with Gasteiger partial charge in [0.2, 0.25) is 15.9 Å². The van der Waals surface area contributed by atoms with Crippen molar-refractivity contribution in [2.24, 2.45) is 0 Å². The number of sulfonamides is 1. The van der Waals surface area contributed by atoms with Gasteiger partial charge in [-0.25, -0.2) is 8.42 Å². The van der Waals surface area contributed by atoms with Crippen LogP contribution >= 0.6 is 15.9 Å². The average Bonchev–Trinajstić information content (AvgIpc) is 2.36.